The van der Waals surface area contributed by atoms with Crippen molar-refractivity contribution in [1.82, 2.24) is 4.90 Å². The van der Waals surface area contributed by atoms with Crippen LogP contribution in [-0.4, -0.2) is 23.9 Å². The van der Waals surface area contributed by atoms with E-state index in [0.29, 0.717) is 11.8 Å². The van der Waals surface area contributed by atoms with Crippen LogP contribution in [-0.2, 0) is 0 Å². The zero-order chi connectivity index (χ0) is 17.9. The number of rotatable bonds is 3. The third kappa shape index (κ3) is 3.15. The fourth-order valence-electron chi connectivity index (χ4n) is 3.98. The lowest BCUT2D eigenvalue weighted by molar-refractivity contribution is 0.0787. The van der Waals surface area contributed by atoms with Gasteiger partial charge in [-0.1, -0.05) is 85.8 Å². The molecule has 0 spiro atoms. The summed E-state index contributed by atoms with van der Waals surface area (Å²) in [6, 6.07) is 28.6. The zero-order valence-corrected chi connectivity index (χ0v) is 15.0. The van der Waals surface area contributed by atoms with Crippen LogP contribution in [0.2, 0.25) is 0 Å². The Morgan fingerprint density at radius 3 is 2.15 bits per heavy atom. The lowest BCUT2D eigenvalue weighted by Crippen LogP contribution is -2.29. The lowest BCUT2D eigenvalue weighted by Gasteiger charge is -2.19. The Hall–Kier alpha value is -2.87. The number of carbonyl (C=O) groups is 1. The Bertz CT molecular complexity index is 888. The quantitative estimate of drug-likeness (QED) is 0.639. The molecule has 3 aromatic rings. The minimum Gasteiger partial charge on any atom is -0.338 e. The molecule has 0 radical (unpaired) electrons. The van der Waals surface area contributed by atoms with E-state index in [2.05, 4.69) is 43.3 Å². The highest BCUT2D eigenvalue weighted by Gasteiger charge is 2.34. The summed E-state index contributed by atoms with van der Waals surface area (Å²) in [5, 5.41) is 0. The van der Waals surface area contributed by atoms with Gasteiger partial charge in [-0.2, -0.15) is 0 Å². The number of carbonyl (C=O) groups excluding carboxylic acids is 1. The molecular weight excluding hydrogens is 318 g/mol. The van der Waals surface area contributed by atoms with E-state index in [1.165, 1.54) is 5.56 Å². The van der Waals surface area contributed by atoms with Crippen molar-refractivity contribution >= 4 is 5.91 Å². The molecule has 1 fully saturated rings. The number of hydrogen-bond donors (Lipinski definition) is 0. The van der Waals surface area contributed by atoms with Crippen molar-refractivity contribution in [3.8, 4) is 11.1 Å². The van der Waals surface area contributed by atoms with Gasteiger partial charge >= 0.3 is 0 Å². The molecule has 4 rings (SSSR count). The second kappa shape index (κ2) is 7.17. The molecule has 1 heterocycles. The Morgan fingerprint density at radius 2 is 1.42 bits per heavy atom. The fourth-order valence-corrected chi connectivity index (χ4v) is 3.98. The summed E-state index contributed by atoms with van der Waals surface area (Å²) in [6.45, 7) is 3.84. The van der Waals surface area contributed by atoms with E-state index in [0.717, 1.165) is 29.8 Å². The summed E-state index contributed by atoms with van der Waals surface area (Å²) in [6.07, 6.45) is 0. The molecule has 3 aromatic carbocycles. The molecule has 2 nitrogen and oxygen atoms in total. The van der Waals surface area contributed by atoms with Crippen LogP contribution in [0.5, 0.6) is 0 Å². The maximum atomic E-state index is 13.3. The van der Waals surface area contributed by atoms with E-state index >= 15 is 0 Å². The molecule has 0 aliphatic carbocycles. The maximum absolute atomic E-state index is 13.3. The second-order valence-corrected chi connectivity index (χ2v) is 7.12. The predicted octanol–water partition coefficient (Wildman–Crippen LogP) is 5.23. The standard InChI is InChI=1S/C24H23NO/c1-18-16-25(17-23(18)20-12-6-3-7-13-20)24(26)22-15-9-8-14-21(22)19-10-4-2-5-11-19/h2-15,18,23H,16-17H2,1H3/t18-,23-/m0/s1. The summed E-state index contributed by atoms with van der Waals surface area (Å²) < 4.78 is 0. The van der Waals surface area contributed by atoms with Gasteiger partial charge in [-0.05, 0) is 28.7 Å². The number of amides is 1. The zero-order valence-electron chi connectivity index (χ0n) is 15.0. The average Bonchev–Trinajstić information content (AvgIpc) is 3.10. The van der Waals surface area contributed by atoms with Crippen molar-refractivity contribution in [2.24, 2.45) is 5.92 Å². The average molecular weight is 341 g/mol. The van der Waals surface area contributed by atoms with Crippen LogP contribution in [0.3, 0.4) is 0 Å². The van der Waals surface area contributed by atoms with E-state index in [4.69, 9.17) is 0 Å². The summed E-state index contributed by atoms with van der Waals surface area (Å²) in [5.74, 6) is 1.00. The normalized spacial score (nSPS) is 19.5. The van der Waals surface area contributed by atoms with Gasteiger partial charge in [0.25, 0.3) is 5.91 Å². The smallest absolute Gasteiger partial charge is 0.254 e. The van der Waals surface area contributed by atoms with Crippen LogP contribution in [0, 0.1) is 5.92 Å². The summed E-state index contributed by atoms with van der Waals surface area (Å²) in [5.41, 5.74) is 4.21. The van der Waals surface area contributed by atoms with Crippen LogP contribution in [0.4, 0.5) is 0 Å². The summed E-state index contributed by atoms with van der Waals surface area (Å²) >= 11 is 0. The highest BCUT2D eigenvalue weighted by molar-refractivity contribution is 6.01. The maximum Gasteiger partial charge on any atom is 0.254 e. The number of likely N-dealkylation sites (tertiary alicyclic amines) is 1. The second-order valence-electron chi connectivity index (χ2n) is 7.12. The number of nitrogens with zero attached hydrogens (tertiary/aromatic N) is 1. The summed E-state index contributed by atoms with van der Waals surface area (Å²) in [4.78, 5) is 15.3. The van der Waals surface area contributed by atoms with Gasteiger partial charge in [-0.3, -0.25) is 4.79 Å². The van der Waals surface area contributed by atoms with E-state index in [1.54, 1.807) is 0 Å². The molecule has 0 bridgehead atoms. The van der Waals surface area contributed by atoms with Crippen LogP contribution < -0.4 is 0 Å². The Labute approximate surface area is 155 Å². The minimum atomic E-state index is 0.134. The first-order chi connectivity index (χ1) is 12.7. The van der Waals surface area contributed by atoms with E-state index in [1.807, 2.05) is 53.4 Å². The summed E-state index contributed by atoms with van der Waals surface area (Å²) in [7, 11) is 0. The molecule has 0 unspecified atom stereocenters. The van der Waals surface area contributed by atoms with Crippen molar-refractivity contribution in [3.63, 3.8) is 0 Å². The van der Waals surface area contributed by atoms with Gasteiger partial charge in [0.1, 0.15) is 0 Å². The first-order valence-corrected chi connectivity index (χ1v) is 9.22. The van der Waals surface area contributed by atoms with E-state index in [-0.39, 0.29) is 5.91 Å². The molecule has 1 saturated heterocycles. The van der Waals surface area contributed by atoms with Crippen LogP contribution in [0.25, 0.3) is 11.1 Å². The number of hydrogen-bond acceptors (Lipinski definition) is 1. The third-order valence-electron chi connectivity index (χ3n) is 5.37. The third-order valence-corrected chi connectivity index (χ3v) is 5.37. The molecule has 2 heteroatoms. The van der Waals surface area contributed by atoms with Gasteiger partial charge in [0.15, 0.2) is 0 Å². The van der Waals surface area contributed by atoms with Crippen LogP contribution in [0.1, 0.15) is 28.8 Å². The molecule has 0 aromatic heterocycles. The Morgan fingerprint density at radius 1 is 0.808 bits per heavy atom. The topological polar surface area (TPSA) is 20.3 Å². The largest absolute Gasteiger partial charge is 0.338 e. The lowest BCUT2D eigenvalue weighted by atomic mass is 9.90. The molecule has 1 amide bonds. The molecular formula is C24H23NO. The van der Waals surface area contributed by atoms with Gasteiger partial charge < -0.3 is 4.90 Å². The Balaban J connectivity index is 1.62. The molecule has 1 aliphatic heterocycles. The highest BCUT2D eigenvalue weighted by atomic mass is 16.2. The van der Waals surface area contributed by atoms with Crippen molar-refractivity contribution < 1.29 is 4.79 Å². The molecule has 130 valence electrons. The first-order valence-electron chi connectivity index (χ1n) is 9.22. The van der Waals surface area contributed by atoms with Gasteiger partial charge in [0.05, 0.1) is 0 Å². The fraction of sp³-hybridized carbons (Fsp3) is 0.208. The van der Waals surface area contributed by atoms with Crippen molar-refractivity contribution in [1.29, 1.82) is 0 Å². The SMILES string of the molecule is C[C@H]1CN(C(=O)c2ccccc2-c2ccccc2)C[C@@H]1c1ccccc1. The Kier molecular flexibility index (Phi) is 4.57. The molecule has 2 atom stereocenters. The van der Waals surface area contributed by atoms with Gasteiger partial charge in [-0.25, -0.2) is 0 Å². The van der Waals surface area contributed by atoms with Gasteiger partial charge in [0.2, 0.25) is 0 Å². The highest BCUT2D eigenvalue weighted by Crippen LogP contribution is 2.34. The minimum absolute atomic E-state index is 0.134. The van der Waals surface area contributed by atoms with E-state index in [9.17, 15) is 4.79 Å². The van der Waals surface area contributed by atoms with Gasteiger partial charge in [-0.15, -0.1) is 0 Å². The molecule has 1 aliphatic rings. The molecule has 0 saturated carbocycles. The van der Waals surface area contributed by atoms with Crippen molar-refractivity contribution in [2.45, 2.75) is 12.8 Å². The van der Waals surface area contributed by atoms with Gasteiger partial charge in [0, 0.05) is 24.6 Å². The van der Waals surface area contributed by atoms with Crippen molar-refractivity contribution in [3.05, 3.63) is 96.1 Å². The predicted molar refractivity (Wildman–Crippen MR) is 106 cm³/mol. The molecule has 26 heavy (non-hydrogen) atoms. The van der Waals surface area contributed by atoms with E-state index < -0.39 is 0 Å². The van der Waals surface area contributed by atoms with Crippen molar-refractivity contribution in [2.75, 3.05) is 13.1 Å². The van der Waals surface area contributed by atoms with Crippen LogP contribution >= 0.6 is 0 Å². The first kappa shape index (κ1) is 16.6. The monoisotopic (exact) mass is 341 g/mol. The van der Waals surface area contributed by atoms with Crippen LogP contribution in [0.15, 0.2) is 84.9 Å². The molecule has 0 N–H and O–H groups in total. The number of benzene rings is 3.